The summed E-state index contributed by atoms with van der Waals surface area (Å²) in [7, 11) is -3.78. The predicted octanol–water partition coefficient (Wildman–Crippen LogP) is 1.91. The van der Waals surface area contributed by atoms with Gasteiger partial charge in [-0.25, -0.2) is 12.8 Å². The lowest BCUT2D eigenvalue weighted by atomic mass is 10.1. The minimum absolute atomic E-state index is 0.0118. The normalized spacial score (nSPS) is 13.3. The molecule has 6 heteroatoms. The average molecular weight is 274 g/mol. The Balaban J connectivity index is 3.05. The summed E-state index contributed by atoms with van der Waals surface area (Å²) in [6, 6.07) is 3.77. The van der Waals surface area contributed by atoms with E-state index in [-0.39, 0.29) is 12.2 Å². The predicted molar refractivity (Wildman–Crippen MR) is 65.5 cm³/mol. The first-order valence-electron chi connectivity index (χ1n) is 5.47. The topological polar surface area (TPSA) is 71.4 Å². The molecule has 0 heterocycles. The van der Waals surface area contributed by atoms with E-state index in [9.17, 15) is 17.6 Å². The van der Waals surface area contributed by atoms with E-state index in [4.69, 9.17) is 5.11 Å². The highest BCUT2D eigenvalue weighted by Gasteiger charge is 2.31. The van der Waals surface area contributed by atoms with Crippen molar-refractivity contribution in [1.82, 2.24) is 0 Å². The number of carboxylic acids is 1. The number of aliphatic carboxylic acids is 1. The molecule has 1 aromatic rings. The van der Waals surface area contributed by atoms with Gasteiger partial charge in [-0.15, -0.1) is 0 Å². The second-order valence-corrected chi connectivity index (χ2v) is 6.30. The summed E-state index contributed by atoms with van der Waals surface area (Å²) in [4.78, 5) is 10.9. The van der Waals surface area contributed by atoms with Crippen LogP contribution >= 0.6 is 0 Å². The Labute approximate surface area is 105 Å². The number of halogens is 1. The van der Waals surface area contributed by atoms with Crippen molar-refractivity contribution in [3.63, 3.8) is 0 Å². The van der Waals surface area contributed by atoms with Crippen LogP contribution in [0.2, 0.25) is 0 Å². The second kappa shape index (κ2) is 5.48. The molecule has 0 spiro atoms. The van der Waals surface area contributed by atoms with Gasteiger partial charge in [-0.2, -0.15) is 0 Å². The molecular formula is C12H15FO4S. The van der Waals surface area contributed by atoms with Gasteiger partial charge in [0.15, 0.2) is 15.1 Å². The number of benzene rings is 1. The lowest BCUT2D eigenvalue weighted by Crippen LogP contribution is -2.30. The van der Waals surface area contributed by atoms with Gasteiger partial charge >= 0.3 is 5.97 Å². The number of hydrogen-bond donors (Lipinski definition) is 1. The molecule has 0 saturated heterocycles. The molecule has 0 fully saturated rings. The smallest absolute Gasteiger partial charge is 0.321 e. The van der Waals surface area contributed by atoms with Crippen molar-refractivity contribution in [2.24, 2.45) is 0 Å². The van der Waals surface area contributed by atoms with Gasteiger partial charge in [-0.1, -0.05) is 13.0 Å². The first-order chi connectivity index (χ1) is 8.27. The van der Waals surface area contributed by atoms with E-state index in [1.54, 1.807) is 6.92 Å². The standard InChI is InChI=1S/C12H15FO4S/c1-3-11(12(14)15)18(16,17)7-9-4-5-10(13)6-8(9)2/h4-6,11H,3,7H2,1-2H3,(H,14,15). The van der Waals surface area contributed by atoms with Crippen molar-refractivity contribution < 1.29 is 22.7 Å². The molecule has 1 rings (SSSR count). The maximum atomic E-state index is 12.9. The maximum Gasteiger partial charge on any atom is 0.321 e. The Morgan fingerprint density at radius 3 is 2.50 bits per heavy atom. The molecule has 18 heavy (non-hydrogen) atoms. The summed E-state index contributed by atoms with van der Waals surface area (Å²) in [6.07, 6.45) is 0.0118. The van der Waals surface area contributed by atoms with Gasteiger partial charge in [0.1, 0.15) is 5.82 Å². The second-order valence-electron chi connectivity index (χ2n) is 4.11. The number of carbonyl (C=O) groups is 1. The molecule has 100 valence electrons. The zero-order valence-electron chi connectivity index (χ0n) is 10.2. The Morgan fingerprint density at radius 1 is 1.44 bits per heavy atom. The summed E-state index contributed by atoms with van der Waals surface area (Å²) < 4.78 is 36.8. The van der Waals surface area contributed by atoms with E-state index >= 15 is 0 Å². The van der Waals surface area contributed by atoms with Crippen LogP contribution in [0.15, 0.2) is 18.2 Å². The molecule has 4 nitrogen and oxygen atoms in total. The monoisotopic (exact) mass is 274 g/mol. The van der Waals surface area contributed by atoms with Crippen LogP contribution < -0.4 is 0 Å². The summed E-state index contributed by atoms with van der Waals surface area (Å²) in [5.74, 6) is -2.18. The number of carboxylic acid groups (broad SMARTS) is 1. The average Bonchev–Trinajstić information content (AvgIpc) is 2.22. The molecule has 0 aliphatic rings. The van der Waals surface area contributed by atoms with Gasteiger partial charge in [0.25, 0.3) is 0 Å². The van der Waals surface area contributed by atoms with Crippen molar-refractivity contribution in [3.05, 3.63) is 35.1 Å². The lowest BCUT2D eigenvalue weighted by Gasteiger charge is -2.12. The molecular weight excluding hydrogens is 259 g/mol. The molecule has 0 aliphatic heterocycles. The van der Waals surface area contributed by atoms with Crippen molar-refractivity contribution >= 4 is 15.8 Å². The van der Waals surface area contributed by atoms with Crippen molar-refractivity contribution in [2.75, 3.05) is 0 Å². The van der Waals surface area contributed by atoms with Crippen LogP contribution in [-0.4, -0.2) is 24.7 Å². The summed E-state index contributed by atoms with van der Waals surface area (Å²) in [5.41, 5.74) is 0.926. The molecule has 1 N–H and O–H groups in total. The van der Waals surface area contributed by atoms with E-state index in [0.29, 0.717) is 11.1 Å². The quantitative estimate of drug-likeness (QED) is 0.890. The lowest BCUT2D eigenvalue weighted by molar-refractivity contribution is -0.136. The SMILES string of the molecule is CCC(C(=O)O)S(=O)(=O)Cc1ccc(F)cc1C. The fourth-order valence-corrected chi connectivity index (χ4v) is 3.49. The Kier molecular flexibility index (Phi) is 4.45. The molecule has 0 saturated carbocycles. The van der Waals surface area contributed by atoms with E-state index < -0.39 is 26.9 Å². The van der Waals surface area contributed by atoms with Crippen LogP contribution in [0.25, 0.3) is 0 Å². The minimum atomic E-state index is -3.78. The summed E-state index contributed by atoms with van der Waals surface area (Å²) >= 11 is 0. The maximum absolute atomic E-state index is 12.9. The number of hydrogen-bond acceptors (Lipinski definition) is 3. The molecule has 0 radical (unpaired) electrons. The first kappa shape index (κ1) is 14.6. The Hall–Kier alpha value is -1.43. The fraction of sp³-hybridized carbons (Fsp3) is 0.417. The first-order valence-corrected chi connectivity index (χ1v) is 7.19. The summed E-state index contributed by atoms with van der Waals surface area (Å²) in [6.45, 7) is 3.10. The van der Waals surface area contributed by atoms with Crippen LogP contribution in [0.4, 0.5) is 4.39 Å². The summed E-state index contributed by atoms with van der Waals surface area (Å²) in [5, 5.41) is 7.45. The van der Waals surface area contributed by atoms with Crippen molar-refractivity contribution in [1.29, 1.82) is 0 Å². The third-order valence-electron chi connectivity index (χ3n) is 2.74. The van der Waals surface area contributed by atoms with Gasteiger partial charge in [0, 0.05) is 0 Å². The minimum Gasteiger partial charge on any atom is -0.480 e. The van der Waals surface area contributed by atoms with Gasteiger partial charge < -0.3 is 5.11 Å². The Bertz CT molecular complexity index is 551. The largest absolute Gasteiger partial charge is 0.480 e. The highest BCUT2D eigenvalue weighted by atomic mass is 32.2. The molecule has 1 atom stereocenters. The van der Waals surface area contributed by atoms with E-state index in [1.165, 1.54) is 25.1 Å². The molecule has 0 amide bonds. The zero-order chi connectivity index (χ0) is 13.9. The zero-order valence-corrected chi connectivity index (χ0v) is 11.0. The van der Waals surface area contributed by atoms with Crippen molar-refractivity contribution in [3.8, 4) is 0 Å². The Morgan fingerprint density at radius 2 is 2.06 bits per heavy atom. The van der Waals surface area contributed by atoms with Gasteiger partial charge in [-0.3, -0.25) is 4.79 Å². The molecule has 0 aromatic heterocycles. The third-order valence-corrected chi connectivity index (χ3v) is 4.86. The van der Waals surface area contributed by atoms with Crippen LogP contribution in [0.3, 0.4) is 0 Å². The molecule has 1 unspecified atom stereocenters. The van der Waals surface area contributed by atoms with Gasteiger partial charge in [-0.05, 0) is 36.6 Å². The van der Waals surface area contributed by atoms with Crippen molar-refractivity contribution in [2.45, 2.75) is 31.3 Å². The van der Waals surface area contributed by atoms with E-state index in [1.807, 2.05) is 0 Å². The fourth-order valence-electron chi connectivity index (χ4n) is 1.72. The highest BCUT2D eigenvalue weighted by molar-refractivity contribution is 7.92. The van der Waals surface area contributed by atoms with Gasteiger partial charge in [0.2, 0.25) is 0 Å². The van der Waals surface area contributed by atoms with E-state index in [2.05, 4.69) is 0 Å². The molecule has 1 aromatic carbocycles. The number of sulfone groups is 1. The molecule has 0 bridgehead atoms. The number of aryl methyl sites for hydroxylation is 1. The van der Waals surface area contributed by atoms with Gasteiger partial charge in [0.05, 0.1) is 5.75 Å². The van der Waals surface area contributed by atoms with Crippen LogP contribution in [0, 0.1) is 12.7 Å². The number of rotatable bonds is 5. The van der Waals surface area contributed by atoms with E-state index in [0.717, 1.165) is 0 Å². The van der Waals surface area contributed by atoms with Crippen LogP contribution in [-0.2, 0) is 20.4 Å². The van der Waals surface area contributed by atoms with Crippen LogP contribution in [0.1, 0.15) is 24.5 Å². The highest BCUT2D eigenvalue weighted by Crippen LogP contribution is 2.18. The molecule has 0 aliphatic carbocycles. The third kappa shape index (κ3) is 3.29. The van der Waals surface area contributed by atoms with Crippen LogP contribution in [0.5, 0.6) is 0 Å².